The average Bonchev–Trinajstić information content (AvgIpc) is 2.35. The van der Waals surface area contributed by atoms with Gasteiger partial charge in [-0.2, -0.15) is 4.98 Å². The van der Waals surface area contributed by atoms with Gasteiger partial charge in [-0.1, -0.05) is 12.1 Å². The molecule has 2 aromatic rings. The van der Waals surface area contributed by atoms with Gasteiger partial charge in [0.2, 0.25) is 17.8 Å². The highest BCUT2D eigenvalue weighted by molar-refractivity contribution is 5.94. The summed E-state index contributed by atoms with van der Waals surface area (Å²) in [6.07, 6.45) is 0. The van der Waals surface area contributed by atoms with Crippen LogP contribution in [0.1, 0.15) is 0 Å². The van der Waals surface area contributed by atoms with E-state index in [0.717, 1.165) is 0 Å². The minimum absolute atomic E-state index is 0.0395. The fourth-order valence-electron chi connectivity index (χ4n) is 1.90. The number of hydrogen-bond acceptors (Lipinski definition) is 6. The standard InChI is InChI=1S/C12H14N6O2/c13-9(19)5-18(6-10(14)20)11-7-3-1-2-4-8(7)16-12(15)17-11/h1-4H,5-6H2,(H2,13,19)(H2,14,20)(H2,15,16,17). The van der Waals surface area contributed by atoms with E-state index >= 15 is 0 Å². The number of primary amides is 2. The van der Waals surface area contributed by atoms with Gasteiger partial charge < -0.3 is 22.1 Å². The summed E-state index contributed by atoms with van der Waals surface area (Å²) < 4.78 is 0. The Kier molecular flexibility index (Phi) is 3.65. The summed E-state index contributed by atoms with van der Waals surface area (Å²) in [5.74, 6) is -0.816. The summed E-state index contributed by atoms with van der Waals surface area (Å²) in [6, 6.07) is 7.10. The van der Waals surface area contributed by atoms with Crippen molar-refractivity contribution in [2.24, 2.45) is 11.5 Å². The molecule has 104 valence electrons. The maximum absolute atomic E-state index is 11.1. The van der Waals surface area contributed by atoms with Crippen LogP contribution in [0.4, 0.5) is 11.8 Å². The van der Waals surface area contributed by atoms with Crippen LogP contribution >= 0.6 is 0 Å². The van der Waals surface area contributed by atoms with Crippen molar-refractivity contribution in [1.29, 1.82) is 0 Å². The van der Waals surface area contributed by atoms with Crippen molar-refractivity contribution < 1.29 is 9.59 Å². The lowest BCUT2D eigenvalue weighted by Gasteiger charge is -2.22. The highest BCUT2D eigenvalue weighted by Crippen LogP contribution is 2.24. The van der Waals surface area contributed by atoms with Crippen LogP contribution in [0.25, 0.3) is 10.9 Å². The molecule has 0 bridgehead atoms. The summed E-state index contributed by atoms with van der Waals surface area (Å²) >= 11 is 0. The van der Waals surface area contributed by atoms with E-state index in [4.69, 9.17) is 17.2 Å². The van der Waals surface area contributed by atoms with Gasteiger partial charge in [-0.05, 0) is 12.1 Å². The van der Waals surface area contributed by atoms with Crippen LogP contribution in [0.2, 0.25) is 0 Å². The number of aromatic nitrogens is 2. The molecule has 0 fully saturated rings. The number of para-hydroxylation sites is 1. The van der Waals surface area contributed by atoms with E-state index in [-0.39, 0.29) is 19.0 Å². The molecular formula is C12H14N6O2. The molecule has 0 atom stereocenters. The maximum atomic E-state index is 11.1. The lowest BCUT2D eigenvalue weighted by atomic mass is 10.2. The van der Waals surface area contributed by atoms with Gasteiger partial charge in [-0.15, -0.1) is 0 Å². The first-order valence-electron chi connectivity index (χ1n) is 5.81. The van der Waals surface area contributed by atoms with Gasteiger partial charge in [0.05, 0.1) is 18.6 Å². The zero-order chi connectivity index (χ0) is 14.7. The lowest BCUT2D eigenvalue weighted by Crippen LogP contribution is -2.40. The Bertz CT molecular complexity index is 656. The molecule has 0 aliphatic carbocycles. The Morgan fingerprint density at radius 2 is 1.65 bits per heavy atom. The lowest BCUT2D eigenvalue weighted by molar-refractivity contribution is -0.117. The number of anilines is 2. The minimum Gasteiger partial charge on any atom is -0.368 e. The molecule has 8 heteroatoms. The number of amides is 2. The third-order valence-electron chi connectivity index (χ3n) is 2.59. The molecule has 20 heavy (non-hydrogen) atoms. The number of benzene rings is 1. The molecule has 6 N–H and O–H groups in total. The normalized spacial score (nSPS) is 10.4. The Morgan fingerprint density at radius 1 is 1.05 bits per heavy atom. The smallest absolute Gasteiger partial charge is 0.237 e. The Morgan fingerprint density at radius 3 is 2.25 bits per heavy atom. The highest BCUT2D eigenvalue weighted by atomic mass is 16.2. The van der Waals surface area contributed by atoms with E-state index in [1.54, 1.807) is 24.3 Å². The van der Waals surface area contributed by atoms with E-state index < -0.39 is 11.8 Å². The predicted octanol–water partition coefficient (Wildman–Crippen LogP) is -1.01. The molecular weight excluding hydrogens is 260 g/mol. The van der Waals surface area contributed by atoms with Crippen molar-refractivity contribution >= 4 is 34.5 Å². The van der Waals surface area contributed by atoms with Crippen LogP contribution in [0.3, 0.4) is 0 Å². The second-order valence-electron chi connectivity index (χ2n) is 4.21. The summed E-state index contributed by atoms with van der Waals surface area (Å²) in [6.45, 7) is -0.382. The van der Waals surface area contributed by atoms with Crippen molar-refractivity contribution in [3.8, 4) is 0 Å². The number of carbonyl (C=O) groups is 2. The largest absolute Gasteiger partial charge is 0.368 e. The third-order valence-corrected chi connectivity index (χ3v) is 2.59. The van der Waals surface area contributed by atoms with Crippen molar-refractivity contribution in [2.45, 2.75) is 0 Å². The van der Waals surface area contributed by atoms with E-state index in [2.05, 4.69) is 9.97 Å². The zero-order valence-corrected chi connectivity index (χ0v) is 10.6. The fourth-order valence-corrected chi connectivity index (χ4v) is 1.90. The number of fused-ring (bicyclic) bond motifs is 1. The van der Waals surface area contributed by atoms with Crippen molar-refractivity contribution in [1.82, 2.24) is 9.97 Å². The number of nitrogen functional groups attached to an aromatic ring is 1. The van der Waals surface area contributed by atoms with Crippen LogP contribution < -0.4 is 22.1 Å². The molecule has 8 nitrogen and oxygen atoms in total. The highest BCUT2D eigenvalue weighted by Gasteiger charge is 2.17. The van der Waals surface area contributed by atoms with Gasteiger partial charge in [0.25, 0.3) is 0 Å². The van der Waals surface area contributed by atoms with E-state index in [1.165, 1.54) is 4.90 Å². The predicted molar refractivity (Wildman–Crippen MR) is 74.6 cm³/mol. The molecule has 2 rings (SSSR count). The topological polar surface area (TPSA) is 141 Å². The second-order valence-corrected chi connectivity index (χ2v) is 4.21. The molecule has 1 heterocycles. The molecule has 0 radical (unpaired) electrons. The van der Waals surface area contributed by atoms with Crippen LogP contribution in [0.15, 0.2) is 24.3 Å². The average molecular weight is 274 g/mol. The molecule has 1 aromatic heterocycles. The van der Waals surface area contributed by atoms with Crippen molar-refractivity contribution in [3.05, 3.63) is 24.3 Å². The summed E-state index contributed by atoms with van der Waals surface area (Å²) in [4.78, 5) is 31.8. The fraction of sp³-hybridized carbons (Fsp3) is 0.167. The monoisotopic (exact) mass is 274 g/mol. The number of rotatable bonds is 5. The quantitative estimate of drug-likeness (QED) is 0.637. The number of hydrogen-bond donors (Lipinski definition) is 3. The number of carbonyl (C=O) groups excluding carboxylic acids is 2. The molecule has 0 unspecified atom stereocenters. The Balaban J connectivity index is 2.56. The Hall–Kier alpha value is -2.90. The molecule has 1 aromatic carbocycles. The van der Waals surface area contributed by atoms with Crippen LogP contribution in [-0.2, 0) is 9.59 Å². The first-order valence-corrected chi connectivity index (χ1v) is 5.81. The number of nitrogens with two attached hydrogens (primary N) is 3. The van der Waals surface area contributed by atoms with Crippen LogP contribution in [0.5, 0.6) is 0 Å². The summed E-state index contributed by atoms with van der Waals surface area (Å²) in [5, 5.41) is 0.657. The zero-order valence-electron chi connectivity index (χ0n) is 10.6. The van der Waals surface area contributed by atoms with Crippen LogP contribution in [0, 0.1) is 0 Å². The molecule has 0 saturated carbocycles. The summed E-state index contributed by atoms with van der Waals surface area (Å²) in [5.41, 5.74) is 16.6. The SMILES string of the molecule is NC(=O)CN(CC(N)=O)c1nc(N)nc2ccccc12. The van der Waals surface area contributed by atoms with Gasteiger partial charge in [0.15, 0.2) is 0 Å². The number of nitrogens with zero attached hydrogens (tertiary/aromatic N) is 3. The molecule has 0 saturated heterocycles. The maximum Gasteiger partial charge on any atom is 0.237 e. The van der Waals surface area contributed by atoms with Gasteiger partial charge in [0, 0.05) is 5.39 Å². The third kappa shape index (κ3) is 2.91. The van der Waals surface area contributed by atoms with E-state index in [9.17, 15) is 9.59 Å². The molecule has 0 spiro atoms. The molecule has 0 aliphatic heterocycles. The van der Waals surface area contributed by atoms with Gasteiger partial charge in [-0.3, -0.25) is 9.59 Å². The van der Waals surface area contributed by atoms with Crippen LogP contribution in [-0.4, -0.2) is 34.9 Å². The van der Waals surface area contributed by atoms with Gasteiger partial charge in [-0.25, -0.2) is 4.98 Å². The van der Waals surface area contributed by atoms with E-state index in [1.807, 2.05) is 0 Å². The molecule has 2 amide bonds. The van der Waals surface area contributed by atoms with Gasteiger partial charge in [0.1, 0.15) is 5.82 Å². The first-order chi connectivity index (χ1) is 9.47. The first kappa shape index (κ1) is 13.5. The van der Waals surface area contributed by atoms with Crippen molar-refractivity contribution in [2.75, 3.05) is 23.7 Å². The summed E-state index contributed by atoms with van der Waals surface area (Å²) in [7, 11) is 0. The van der Waals surface area contributed by atoms with E-state index in [0.29, 0.717) is 16.7 Å². The Labute approximate surface area is 114 Å². The van der Waals surface area contributed by atoms with Gasteiger partial charge >= 0.3 is 0 Å². The minimum atomic E-state index is -0.604. The second kappa shape index (κ2) is 5.39. The van der Waals surface area contributed by atoms with Crippen molar-refractivity contribution in [3.63, 3.8) is 0 Å². The molecule has 0 aliphatic rings.